The number of anilines is 4. The van der Waals surface area contributed by atoms with E-state index in [9.17, 15) is 10.3 Å². The third kappa shape index (κ3) is 5.15. The second-order valence-electron chi connectivity index (χ2n) is 8.89. The summed E-state index contributed by atoms with van der Waals surface area (Å²) in [5.41, 5.74) is 5.54. The number of fused-ring (bicyclic) bond motifs is 1. The van der Waals surface area contributed by atoms with Crippen LogP contribution in [0.1, 0.15) is 44.5 Å². The van der Waals surface area contributed by atoms with Gasteiger partial charge in [0.05, 0.1) is 23.9 Å². The SMILES string of the molecule is CC(C)Oc1cc(N2CCc3c(ncnc3Nc3ccc(C(C)(C)O)cn3)C2)ccc1NO. The summed E-state index contributed by atoms with van der Waals surface area (Å²) in [6.45, 7) is 8.77. The van der Waals surface area contributed by atoms with Gasteiger partial charge in [-0.3, -0.25) is 10.7 Å². The third-order valence-electron chi connectivity index (χ3n) is 5.54. The molecule has 0 bridgehead atoms. The Morgan fingerprint density at radius 1 is 1.12 bits per heavy atom. The Morgan fingerprint density at radius 3 is 2.61 bits per heavy atom. The molecule has 0 saturated carbocycles. The van der Waals surface area contributed by atoms with Crippen molar-refractivity contribution in [3.63, 3.8) is 0 Å². The van der Waals surface area contributed by atoms with Gasteiger partial charge in [-0.25, -0.2) is 15.0 Å². The zero-order valence-corrected chi connectivity index (χ0v) is 19.3. The fourth-order valence-electron chi connectivity index (χ4n) is 3.79. The monoisotopic (exact) mass is 450 g/mol. The molecule has 2 aromatic heterocycles. The molecule has 9 heteroatoms. The number of nitrogens with zero attached hydrogens (tertiary/aromatic N) is 4. The molecule has 4 rings (SSSR count). The predicted molar refractivity (Wildman–Crippen MR) is 127 cm³/mol. The number of pyridine rings is 1. The van der Waals surface area contributed by atoms with Crippen LogP contribution in [0.25, 0.3) is 0 Å². The first-order valence-electron chi connectivity index (χ1n) is 11.0. The first kappa shape index (κ1) is 22.8. The van der Waals surface area contributed by atoms with Gasteiger partial charge in [-0.05, 0) is 52.3 Å². The highest BCUT2D eigenvalue weighted by atomic mass is 16.5. The van der Waals surface area contributed by atoms with Crippen LogP contribution in [0.4, 0.5) is 23.0 Å². The lowest BCUT2D eigenvalue weighted by atomic mass is 10.0. The standard InChI is InChI=1S/C24H30N6O3/c1-15(2)33-21-11-17(6-7-19(21)29-32)30-10-9-18-20(13-30)26-14-27-23(18)28-22-8-5-16(12-25-22)24(3,4)31/h5-8,11-12,14-15,29,31-32H,9-10,13H2,1-4H3,(H,25,26,27,28). The maximum absolute atomic E-state index is 10.1. The molecule has 0 atom stereocenters. The second kappa shape index (κ2) is 9.21. The molecular formula is C24H30N6O3. The number of hydrogen-bond acceptors (Lipinski definition) is 9. The summed E-state index contributed by atoms with van der Waals surface area (Å²) in [5.74, 6) is 2.00. The molecule has 0 saturated heterocycles. The molecule has 9 nitrogen and oxygen atoms in total. The third-order valence-corrected chi connectivity index (χ3v) is 5.54. The molecule has 3 aromatic rings. The number of aliphatic hydroxyl groups is 1. The Labute approximate surface area is 193 Å². The van der Waals surface area contributed by atoms with E-state index in [2.05, 4.69) is 30.6 Å². The summed E-state index contributed by atoms with van der Waals surface area (Å²) in [4.78, 5) is 15.6. The van der Waals surface area contributed by atoms with Crippen LogP contribution in [0, 0.1) is 0 Å². The van der Waals surface area contributed by atoms with Crippen LogP contribution in [0.5, 0.6) is 5.75 Å². The lowest BCUT2D eigenvalue weighted by Gasteiger charge is -2.31. The van der Waals surface area contributed by atoms with Crippen molar-refractivity contribution in [2.24, 2.45) is 0 Å². The lowest BCUT2D eigenvalue weighted by Crippen LogP contribution is -2.31. The predicted octanol–water partition coefficient (Wildman–Crippen LogP) is 3.99. The molecule has 1 aromatic carbocycles. The molecule has 0 aliphatic carbocycles. The maximum atomic E-state index is 10.1. The zero-order chi connectivity index (χ0) is 23.6. The van der Waals surface area contributed by atoms with Crippen molar-refractivity contribution in [1.82, 2.24) is 15.0 Å². The Hall–Kier alpha value is -3.43. The van der Waals surface area contributed by atoms with E-state index in [0.29, 0.717) is 23.8 Å². The molecule has 0 fully saturated rings. The molecule has 33 heavy (non-hydrogen) atoms. The van der Waals surface area contributed by atoms with Gasteiger partial charge in [-0.2, -0.15) is 0 Å². The Bertz CT molecular complexity index is 1110. The number of nitrogens with one attached hydrogen (secondary N) is 2. The van der Waals surface area contributed by atoms with E-state index in [1.54, 1.807) is 32.4 Å². The first-order chi connectivity index (χ1) is 15.7. The van der Waals surface area contributed by atoms with E-state index < -0.39 is 5.60 Å². The fourth-order valence-corrected chi connectivity index (χ4v) is 3.79. The lowest BCUT2D eigenvalue weighted by molar-refractivity contribution is 0.0782. The molecule has 4 N–H and O–H groups in total. The van der Waals surface area contributed by atoms with Crippen LogP contribution < -0.4 is 20.4 Å². The molecule has 1 aliphatic heterocycles. The van der Waals surface area contributed by atoms with Gasteiger partial charge in [-0.15, -0.1) is 0 Å². The number of benzene rings is 1. The van der Waals surface area contributed by atoms with E-state index in [0.717, 1.165) is 41.3 Å². The van der Waals surface area contributed by atoms with E-state index in [4.69, 9.17) is 4.74 Å². The van der Waals surface area contributed by atoms with Crippen molar-refractivity contribution in [1.29, 1.82) is 0 Å². The molecule has 0 amide bonds. The van der Waals surface area contributed by atoms with E-state index in [1.807, 2.05) is 38.1 Å². The van der Waals surface area contributed by atoms with Crippen LogP contribution in [0.3, 0.4) is 0 Å². The zero-order valence-electron chi connectivity index (χ0n) is 19.3. The molecule has 0 unspecified atom stereocenters. The van der Waals surface area contributed by atoms with Crippen LogP contribution in [-0.2, 0) is 18.6 Å². The van der Waals surface area contributed by atoms with Crippen molar-refractivity contribution >= 4 is 23.0 Å². The summed E-state index contributed by atoms with van der Waals surface area (Å²) in [7, 11) is 0. The van der Waals surface area contributed by atoms with Crippen molar-refractivity contribution in [3.05, 3.63) is 59.7 Å². The fraction of sp³-hybridized carbons (Fsp3) is 0.375. The van der Waals surface area contributed by atoms with Crippen molar-refractivity contribution in [3.8, 4) is 5.75 Å². The molecular weight excluding hydrogens is 420 g/mol. The van der Waals surface area contributed by atoms with Crippen LogP contribution in [0.2, 0.25) is 0 Å². The highest BCUT2D eigenvalue weighted by molar-refractivity contribution is 5.65. The van der Waals surface area contributed by atoms with Crippen molar-refractivity contribution in [2.75, 3.05) is 22.2 Å². The maximum Gasteiger partial charge on any atom is 0.147 e. The van der Waals surface area contributed by atoms with Gasteiger partial charge in [0.1, 0.15) is 29.4 Å². The number of rotatable bonds is 7. The van der Waals surface area contributed by atoms with E-state index in [-0.39, 0.29) is 6.10 Å². The van der Waals surface area contributed by atoms with Crippen molar-refractivity contribution in [2.45, 2.75) is 52.4 Å². The molecule has 174 valence electrons. The highest BCUT2D eigenvalue weighted by Crippen LogP contribution is 2.34. The topological polar surface area (TPSA) is 116 Å². The molecule has 3 heterocycles. The average Bonchev–Trinajstić information content (AvgIpc) is 2.78. The Balaban J connectivity index is 1.53. The van der Waals surface area contributed by atoms with Gasteiger partial charge in [-0.1, -0.05) is 6.07 Å². The number of hydrogen-bond donors (Lipinski definition) is 4. The summed E-state index contributed by atoms with van der Waals surface area (Å²) in [6, 6.07) is 9.37. The summed E-state index contributed by atoms with van der Waals surface area (Å²) in [5, 5.41) is 22.8. The second-order valence-corrected chi connectivity index (χ2v) is 8.89. The van der Waals surface area contributed by atoms with Crippen molar-refractivity contribution < 1.29 is 15.1 Å². The normalized spacial score (nSPS) is 13.6. The molecule has 1 aliphatic rings. The van der Waals surface area contributed by atoms with E-state index in [1.165, 1.54) is 0 Å². The Kier molecular flexibility index (Phi) is 6.35. The Morgan fingerprint density at radius 2 is 1.94 bits per heavy atom. The largest absolute Gasteiger partial charge is 0.489 e. The summed E-state index contributed by atoms with van der Waals surface area (Å²) in [6.07, 6.45) is 3.98. The summed E-state index contributed by atoms with van der Waals surface area (Å²) < 4.78 is 5.84. The summed E-state index contributed by atoms with van der Waals surface area (Å²) >= 11 is 0. The number of aromatic nitrogens is 3. The minimum Gasteiger partial charge on any atom is -0.489 e. The van der Waals surface area contributed by atoms with Gasteiger partial charge in [0.2, 0.25) is 0 Å². The van der Waals surface area contributed by atoms with Gasteiger partial charge < -0.3 is 20.1 Å². The van der Waals surface area contributed by atoms with Gasteiger partial charge in [0.25, 0.3) is 0 Å². The number of ether oxygens (including phenoxy) is 1. The van der Waals surface area contributed by atoms with Crippen LogP contribution in [0.15, 0.2) is 42.9 Å². The van der Waals surface area contributed by atoms with Crippen LogP contribution in [-0.4, -0.2) is 37.9 Å². The van der Waals surface area contributed by atoms with E-state index >= 15 is 0 Å². The minimum atomic E-state index is -0.936. The molecule has 0 radical (unpaired) electrons. The quantitative estimate of drug-likeness (QED) is 0.396. The first-order valence-corrected chi connectivity index (χ1v) is 11.0. The average molecular weight is 451 g/mol. The van der Waals surface area contributed by atoms with Crippen LogP contribution >= 0.6 is 0 Å². The van der Waals surface area contributed by atoms with Gasteiger partial charge >= 0.3 is 0 Å². The molecule has 0 spiro atoms. The smallest absolute Gasteiger partial charge is 0.147 e. The van der Waals surface area contributed by atoms with Gasteiger partial charge in [0.15, 0.2) is 0 Å². The minimum absolute atomic E-state index is 0.0121. The highest BCUT2D eigenvalue weighted by Gasteiger charge is 2.23. The van der Waals surface area contributed by atoms with Gasteiger partial charge in [0, 0.05) is 35.6 Å².